The molecular weight excluding hydrogens is 418 g/mol. The Hall–Kier alpha value is -2.63. The van der Waals surface area contributed by atoms with E-state index in [1.807, 2.05) is 19.1 Å². The van der Waals surface area contributed by atoms with E-state index in [-0.39, 0.29) is 17.3 Å². The second-order valence-electron chi connectivity index (χ2n) is 7.60. The first-order valence-electron chi connectivity index (χ1n) is 9.80. The molecule has 1 amide bonds. The number of likely N-dealkylation sites (tertiary alicyclic amines) is 1. The number of hydrogen-bond donors (Lipinski definition) is 0. The molecule has 1 fully saturated rings. The topological polar surface area (TPSA) is 54.5 Å². The molecule has 3 aromatic rings. The lowest BCUT2D eigenvalue weighted by atomic mass is 10.0. The van der Waals surface area contributed by atoms with Gasteiger partial charge in [0, 0.05) is 23.7 Å². The minimum atomic E-state index is -3.50. The Balaban J connectivity index is 1.47. The van der Waals surface area contributed by atoms with Crippen molar-refractivity contribution in [2.24, 2.45) is 0 Å². The van der Waals surface area contributed by atoms with Gasteiger partial charge in [0.05, 0.1) is 10.1 Å². The van der Waals surface area contributed by atoms with Crippen LogP contribution < -0.4 is 0 Å². The van der Waals surface area contributed by atoms with E-state index in [1.54, 1.807) is 29.2 Å². The smallest absolute Gasteiger partial charge is 0.253 e. The summed E-state index contributed by atoms with van der Waals surface area (Å²) in [5, 5.41) is -0.110. The maximum Gasteiger partial charge on any atom is 0.253 e. The van der Waals surface area contributed by atoms with Crippen molar-refractivity contribution in [1.29, 1.82) is 0 Å². The number of carbonyl (C=O) groups is 1. The van der Waals surface area contributed by atoms with Crippen molar-refractivity contribution in [2.75, 3.05) is 13.1 Å². The Labute approximate surface area is 182 Å². The quantitative estimate of drug-likeness (QED) is 0.574. The fourth-order valence-corrected chi connectivity index (χ4v) is 5.53. The van der Waals surface area contributed by atoms with Crippen molar-refractivity contribution in [3.05, 3.63) is 88.9 Å². The summed E-state index contributed by atoms with van der Waals surface area (Å²) in [5.41, 5.74) is 3.89. The van der Waals surface area contributed by atoms with Crippen LogP contribution in [-0.2, 0) is 9.84 Å². The Bertz CT molecular complexity index is 1150. The molecule has 1 heterocycles. The largest absolute Gasteiger partial charge is 0.337 e. The average molecular weight is 440 g/mol. The van der Waals surface area contributed by atoms with Gasteiger partial charge in [-0.1, -0.05) is 53.6 Å². The van der Waals surface area contributed by atoms with E-state index in [2.05, 4.69) is 24.3 Å². The summed E-state index contributed by atoms with van der Waals surface area (Å²) in [7, 11) is -3.50. The number of hydrogen-bond acceptors (Lipinski definition) is 3. The molecule has 154 valence electrons. The first-order chi connectivity index (χ1) is 14.3. The van der Waals surface area contributed by atoms with Crippen LogP contribution in [0.5, 0.6) is 0 Å². The third kappa shape index (κ3) is 4.13. The van der Waals surface area contributed by atoms with Crippen molar-refractivity contribution >= 4 is 27.3 Å². The van der Waals surface area contributed by atoms with Crippen molar-refractivity contribution < 1.29 is 13.2 Å². The lowest BCUT2D eigenvalue weighted by Gasteiger charge is -2.17. The van der Waals surface area contributed by atoms with Crippen LogP contribution in [0.25, 0.3) is 11.1 Å². The summed E-state index contributed by atoms with van der Waals surface area (Å²) in [6, 6.07) is 21.9. The zero-order chi connectivity index (χ0) is 21.3. The molecule has 0 aliphatic carbocycles. The zero-order valence-corrected chi connectivity index (χ0v) is 18.2. The molecule has 4 rings (SSSR count). The normalized spacial score (nSPS) is 16.6. The number of sulfone groups is 1. The minimum absolute atomic E-state index is 0.140. The van der Waals surface area contributed by atoms with Gasteiger partial charge in [0.15, 0.2) is 9.84 Å². The third-order valence-electron chi connectivity index (χ3n) is 5.53. The highest BCUT2D eigenvalue weighted by Crippen LogP contribution is 2.27. The van der Waals surface area contributed by atoms with E-state index in [9.17, 15) is 13.2 Å². The fourth-order valence-electron chi connectivity index (χ4n) is 3.72. The summed E-state index contributed by atoms with van der Waals surface area (Å²) in [4.78, 5) is 14.8. The second-order valence-corrected chi connectivity index (χ2v) is 10.3. The number of halogens is 1. The lowest BCUT2D eigenvalue weighted by Crippen LogP contribution is -2.31. The van der Waals surface area contributed by atoms with E-state index < -0.39 is 15.1 Å². The molecule has 1 saturated heterocycles. The van der Waals surface area contributed by atoms with Crippen LogP contribution in [0, 0.1) is 6.92 Å². The molecule has 1 unspecified atom stereocenters. The van der Waals surface area contributed by atoms with Crippen LogP contribution in [0.4, 0.5) is 0 Å². The summed E-state index contributed by atoms with van der Waals surface area (Å²) in [5.74, 6) is -0.140. The molecule has 1 aliphatic rings. The maximum atomic E-state index is 12.9. The third-order valence-corrected chi connectivity index (χ3v) is 7.97. The number of aryl methyl sites for hydroxylation is 1. The Kier molecular flexibility index (Phi) is 5.67. The molecule has 0 N–H and O–H groups in total. The molecular formula is C24H22ClNO3S. The molecule has 0 saturated carbocycles. The monoisotopic (exact) mass is 439 g/mol. The number of carbonyl (C=O) groups excluding carboxylic acids is 1. The highest BCUT2D eigenvalue weighted by Gasteiger charge is 2.36. The van der Waals surface area contributed by atoms with Gasteiger partial charge in [-0.05, 0) is 60.9 Å². The first-order valence-corrected chi connectivity index (χ1v) is 11.7. The van der Waals surface area contributed by atoms with Crippen molar-refractivity contribution in [2.45, 2.75) is 23.5 Å². The maximum absolute atomic E-state index is 12.9. The highest BCUT2D eigenvalue weighted by atomic mass is 35.5. The zero-order valence-electron chi connectivity index (χ0n) is 16.6. The standard InChI is InChI=1S/C24H22ClNO3S/c1-17-2-4-18(5-3-17)19-6-8-20(9-7-19)24(27)26-15-14-23(16-26)30(28,29)22-12-10-21(25)11-13-22/h2-13,23H,14-16H2,1H3. The fraction of sp³-hybridized carbons (Fsp3) is 0.208. The van der Waals surface area contributed by atoms with E-state index in [1.165, 1.54) is 17.7 Å². The van der Waals surface area contributed by atoms with Crippen LogP contribution in [0.1, 0.15) is 22.3 Å². The molecule has 3 aromatic carbocycles. The van der Waals surface area contributed by atoms with Gasteiger partial charge in [0.1, 0.15) is 0 Å². The molecule has 0 radical (unpaired) electrons. The number of benzene rings is 3. The Morgan fingerprint density at radius 1 is 0.900 bits per heavy atom. The summed E-state index contributed by atoms with van der Waals surface area (Å²) >= 11 is 5.86. The number of nitrogens with zero attached hydrogens (tertiary/aromatic N) is 1. The van der Waals surface area contributed by atoms with E-state index in [0.29, 0.717) is 23.6 Å². The molecule has 0 spiro atoms. The SMILES string of the molecule is Cc1ccc(-c2ccc(C(=O)N3CCC(S(=O)(=O)c4ccc(Cl)cc4)C3)cc2)cc1. The summed E-state index contributed by atoms with van der Waals surface area (Å²) in [6.07, 6.45) is 0.429. The van der Waals surface area contributed by atoms with E-state index in [0.717, 1.165) is 11.1 Å². The lowest BCUT2D eigenvalue weighted by molar-refractivity contribution is 0.0793. The van der Waals surface area contributed by atoms with Crippen LogP contribution in [0.15, 0.2) is 77.7 Å². The second kappa shape index (κ2) is 8.25. The van der Waals surface area contributed by atoms with Crippen LogP contribution in [0.2, 0.25) is 5.02 Å². The van der Waals surface area contributed by atoms with Crippen LogP contribution in [0.3, 0.4) is 0 Å². The van der Waals surface area contributed by atoms with Gasteiger partial charge >= 0.3 is 0 Å². The van der Waals surface area contributed by atoms with Crippen molar-refractivity contribution in [1.82, 2.24) is 4.90 Å². The number of amides is 1. The molecule has 1 aliphatic heterocycles. The average Bonchev–Trinajstić information content (AvgIpc) is 3.25. The van der Waals surface area contributed by atoms with Gasteiger partial charge in [0.25, 0.3) is 5.91 Å². The first kappa shape index (κ1) is 20.6. The molecule has 6 heteroatoms. The van der Waals surface area contributed by atoms with Gasteiger partial charge in [-0.15, -0.1) is 0 Å². The van der Waals surface area contributed by atoms with Gasteiger partial charge in [0.2, 0.25) is 0 Å². The van der Waals surface area contributed by atoms with Crippen LogP contribution >= 0.6 is 11.6 Å². The Morgan fingerprint density at radius 3 is 2.07 bits per heavy atom. The van der Waals surface area contributed by atoms with Gasteiger partial charge in [-0.2, -0.15) is 0 Å². The van der Waals surface area contributed by atoms with Crippen molar-refractivity contribution in [3.8, 4) is 11.1 Å². The van der Waals surface area contributed by atoms with E-state index >= 15 is 0 Å². The Morgan fingerprint density at radius 2 is 1.47 bits per heavy atom. The summed E-state index contributed by atoms with van der Waals surface area (Å²) in [6.45, 7) is 2.67. The van der Waals surface area contributed by atoms with E-state index in [4.69, 9.17) is 11.6 Å². The van der Waals surface area contributed by atoms with Gasteiger partial charge in [-0.25, -0.2) is 8.42 Å². The van der Waals surface area contributed by atoms with Gasteiger partial charge < -0.3 is 4.90 Å². The predicted octanol–water partition coefficient (Wildman–Crippen LogP) is 5.00. The van der Waals surface area contributed by atoms with Crippen LogP contribution in [-0.4, -0.2) is 37.6 Å². The molecule has 0 aromatic heterocycles. The minimum Gasteiger partial charge on any atom is -0.337 e. The molecule has 4 nitrogen and oxygen atoms in total. The molecule has 0 bridgehead atoms. The summed E-state index contributed by atoms with van der Waals surface area (Å²) < 4.78 is 25.8. The predicted molar refractivity (Wildman–Crippen MR) is 120 cm³/mol. The van der Waals surface area contributed by atoms with Crippen molar-refractivity contribution in [3.63, 3.8) is 0 Å². The number of rotatable bonds is 4. The van der Waals surface area contributed by atoms with Gasteiger partial charge in [-0.3, -0.25) is 4.79 Å². The molecule has 30 heavy (non-hydrogen) atoms. The molecule has 1 atom stereocenters. The highest BCUT2D eigenvalue weighted by molar-refractivity contribution is 7.92.